The van der Waals surface area contributed by atoms with Gasteiger partial charge in [0.05, 0.1) is 17.8 Å². The van der Waals surface area contributed by atoms with Crippen LogP contribution in [0.3, 0.4) is 0 Å². The third kappa shape index (κ3) is 2.62. The number of amides is 1. The lowest BCUT2D eigenvalue weighted by atomic mass is 9.91. The monoisotopic (exact) mass is 391 g/mol. The summed E-state index contributed by atoms with van der Waals surface area (Å²) in [6.45, 7) is 6.67. The zero-order valence-electron chi connectivity index (χ0n) is 16.9. The first kappa shape index (κ1) is 18.0. The van der Waals surface area contributed by atoms with Gasteiger partial charge in [-0.2, -0.15) is 0 Å². The van der Waals surface area contributed by atoms with Gasteiger partial charge in [0.25, 0.3) is 0 Å². The summed E-state index contributed by atoms with van der Waals surface area (Å²) in [6, 6.07) is 13.2. The summed E-state index contributed by atoms with van der Waals surface area (Å²) >= 11 is 0. The first-order chi connectivity index (χ1) is 13.8. The number of aromatic hydroxyl groups is 1. The number of imidazole rings is 1. The molecule has 1 aromatic heterocycles. The topological polar surface area (TPSA) is 67.5 Å². The molecule has 0 spiro atoms. The van der Waals surface area contributed by atoms with Gasteiger partial charge in [0, 0.05) is 18.4 Å². The molecule has 1 fully saturated rings. The third-order valence-corrected chi connectivity index (χ3v) is 6.07. The maximum absolute atomic E-state index is 13.3. The lowest BCUT2D eigenvalue weighted by Crippen LogP contribution is -2.39. The van der Waals surface area contributed by atoms with Gasteiger partial charge in [-0.25, -0.2) is 9.36 Å². The fourth-order valence-electron chi connectivity index (χ4n) is 4.90. The third-order valence-electron chi connectivity index (χ3n) is 6.07. The number of benzene rings is 2. The summed E-state index contributed by atoms with van der Waals surface area (Å²) in [5.74, 6) is 0.0353. The molecular weight excluding hydrogens is 366 g/mol. The molecule has 1 amide bonds. The molecule has 2 aliphatic heterocycles. The van der Waals surface area contributed by atoms with Crippen molar-refractivity contribution in [1.82, 2.24) is 14.0 Å². The van der Waals surface area contributed by atoms with Crippen molar-refractivity contribution < 1.29 is 9.90 Å². The Morgan fingerprint density at radius 2 is 1.86 bits per heavy atom. The van der Waals surface area contributed by atoms with Crippen molar-refractivity contribution >= 4 is 16.7 Å². The molecule has 6 heteroatoms. The van der Waals surface area contributed by atoms with Crippen molar-refractivity contribution in [3.8, 4) is 11.6 Å². The minimum absolute atomic E-state index is 0.0490. The van der Waals surface area contributed by atoms with Crippen LogP contribution in [0, 0.1) is 5.41 Å². The Labute approximate surface area is 169 Å². The minimum Gasteiger partial charge on any atom is -0.493 e. The van der Waals surface area contributed by atoms with E-state index in [1.165, 1.54) is 4.57 Å². The van der Waals surface area contributed by atoms with Crippen LogP contribution >= 0.6 is 0 Å². The molecule has 1 saturated heterocycles. The van der Waals surface area contributed by atoms with Crippen molar-refractivity contribution in [2.75, 3.05) is 6.54 Å². The van der Waals surface area contributed by atoms with Crippen LogP contribution in [-0.2, 0) is 4.79 Å². The van der Waals surface area contributed by atoms with E-state index in [-0.39, 0.29) is 35.0 Å². The minimum atomic E-state index is -0.237. The zero-order chi connectivity index (χ0) is 20.5. The van der Waals surface area contributed by atoms with E-state index in [1.54, 1.807) is 4.57 Å². The van der Waals surface area contributed by atoms with E-state index in [0.717, 1.165) is 10.8 Å². The van der Waals surface area contributed by atoms with Gasteiger partial charge in [0.1, 0.15) is 5.69 Å². The molecule has 0 aliphatic carbocycles. The van der Waals surface area contributed by atoms with Crippen molar-refractivity contribution in [3.05, 3.63) is 58.6 Å². The molecule has 2 atom stereocenters. The molecular formula is C23H25N3O3. The highest BCUT2D eigenvalue weighted by Gasteiger charge is 2.49. The predicted octanol–water partition coefficient (Wildman–Crippen LogP) is 3.76. The summed E-state index contributed by atoms with van der Waals surface area (Å²) in [4.78, 5) is 28.0. The first-order valence-electron chi connectivity index (χ1n) is 10.1. The van der Waals surface area contributed by atoms with Crippen molar-refractivity contribution in [3.63, 3.8) is 0 Å². The molecule has 0 radical (unpaired) electrons. The number of carbonyl (C=O) groups is 1. The van der Waals surface area contributed by atoms with Crippen LogP contribution in [-0.4, -0.2) is 31.6 Å². The van der Waals surface area contributed by atoms with Crippen molar-refractivity contribution in [2.45, 2.75) is 45.7 Å². The standard InChI is InChI=1S/C23H25N3O3/c1-23(2,3)12-19(27)24-13-15-11-18(24)20-21(28)26(22(29)25(15)20)17-10-6-8-14-7-4-5-9-16(14)17/h4-10,15,18,28H,11-13H2,1-3H3. The quantitative estimate of drug-likeness (QED) is 0.723. The van der Waals surface area contributed by atoms with E-state index < -0.39 is 0 Å². The Bertz CT molecular complexity index is 1190. The number of carbonyl (C=O) groups excluding carboxylic acids is 1. The van der Waals surface area contributed by atoms with Crippen LogP contribution in [0.2, 0.25) is 0 Å². The van der Waals surface area contributed by atoms with Gasteiger partial charge >= 0.3 is 5.69 Å². The second kappa shape index (κ2) is 5.99. The van der Waals surface area contributed by atoms with E-state index in [1.807, 2.05) is 68.1 Å². The van der Waals surface area contributed by atoms with Crippen molar-refractivity contribution in [2.24, 2.45) is 5.41 Å². The molecule has 2 bridgehead atoms. The van der Waals surface area contributed by atoms with Crippen LogP contribution in [0.4, 0.5) is 0 Å². The summed E-state index contributed by atoms with van der Waals surface area (Å²) in [5.41, 5.74) is 0.903. The van der Waals surface area contributed by atoms with E-state index in [0.29, 0.717) is 30.8 Å². The summed E-state index contributed by atoms with van der Waals surface area (Å²) in [6.07, 6.45) is 1.15. The second-order valence-electron chi connectivity index (χ2n) is 9.38. The number of hydrogen-bond acceptors (Lipinski definition) is 3. The number of nitrogens with zero attached hydrogens (tertiary/aromatic N) is 3. The highest BCUT2D eigenvalue weighted by Crippen LogP contribution is 2.49. The van der Waals surface area contributed by atoms with Crippen LogP contribution in [0.15, 0.2) is 47.3 Å². The normalized spacial score (nSPS) is 20.4. The smallest absolute Gasteiger partial charge is 0.336 e. The molecule has 150 valence electrons. The molecule has 0 saturated carbocycles. The molecule has 6 nitrogen and oxygen atoms in total. The van der Waals surface area contributed by atoms with Crippen LogP contribution in [0.5, 0.6) is 5.88 Å². The van der Waals surface area contributed by atoms with Crippen LogP contribution in [0.1, 0.15) is 51.4 Å². The largest absolute Gasteiger partial charge is 0.493 e. The van der Waals surface area contributed by atoms with E-state index in [9.17, 15) is 14.7 Å². The summed E-state index contributed by atoms with van der Waals surface area (Å²) < 4.78 is 3.09. The molecule has 1 N–H and O–H groups in total. The average Bonchev–Trinajstić information content (AvgIpc) is 3.32. The number of likely N-dealkylation sites (tertiary alicyclic amines) is 1. The van der Waals surface area contributed by atoms with Gasteiger partial charge in [-0.05, 0) is 23.3 Å². The fourth-order valence-corrected chi connectivity index (χ4v) is 4.90. The lowest BCUT2D eigenvalue weighted by Gasteiger charge is -2.30. The first-order valence-corrected chi connectivity index (χ1v) is 10.1. The van der Waals surface area contributed by atoms with Gasteiger partial charge in [0.2, 0.25) is 11.8 Å². The molecule has 2 unspecified atom stereocenters. The molecule has 3 heterocycles. The molecule has 29 heavy (non-hydrogen) atoms. The Morgan fingerprint density at radius 3 is 2.62 bits per heavy atom. The Hall–Kier alpha value is -3.02. The zero-order valence-corrected chi connectivity index (χ0v) is 16.9. The maximum Gasteiger partial charge on any atom is 0.336 e. The number of rotatable bonds is 2. The number of hydrogen-bond donors (Lipinski definition) is 1. The van der Waals surface area contributed by atoms with Gasteiger partial charge < -0.3 is 10.0 Å². The van der Waals surface area contributed by atoms with Gasteiger partial charge in [-0.3, -0.25) is 9.36 Å². The van der Waals surface area contributed by atoms with E-state index in [2.05, 4.69) is 0 Å². The summed E-state index contributed by atoms with van der Waals surface area (Å²) in [5, 5.41) is 13.0. The Balaban J connectivity index is 1.62. The number of aromatic nitrogens is 2. The number of fused-ring (bicyclic) bond motifs is 6. The molecule has 3 aromatic rings. The second-order valence-corrected chi connectivity index (χ2v) is 9.38. The van der Waals surface area contributed by atoms with E-state index >= 15 is 0 Å². The van der Waals surface area contributed by atoms with Gasteiger partial charge in [0.15, 0.2) is 0 Å². The maximum atomic E-state index is 13.3. The average molecular weight is 391 g/mol. The summed E-state index contributed by atoms with van der Waals surface area (Å²) in [7, 11) is 0. The van der Waals surface area contributed by atoms with Crippen LogP contribution in [0.25, 0.3) is 16.5 Å². The highest BCUT2D eigenvalue weighted by atomic mass is 16.3. The van der Waals surface area contributed by atoms with E-state index in [4.69, 9.17) is 0 Å². The van der Waals surface area contributed by atoms with Crippen LogP contribution < -0.4 is 5.69 Å². The molecule has 2 aliphatic rings. The molecule has 2 aromatic carbocycles. The van der Waals surface area contributed by atoms with Gasteiger partial charge in [-0.15, -0.1) is 0 Å². The Kier molecular flexibility index (Phi) is 3.72. The Morgan fingerprint density at radius 1 is 1.14 bits per heavy atom. The molecule has 5 rings (SSSR count). The van der Waals surface area contributed by atoms with Gasteiger partial charge in [-0.1, -0.05) is 57.2 Å². The fraction of sp³-hybridized carbons (Fsp3) is 0.391. The predicted molar refractivity (Wildman–Crippen MR) is 111 cm³/mol. The van der Waals surface area contributed by atoms with Crippen molar-refractivity contribution in [1.29, 1.82) is 0 Å². The SMILES string of the molecule is CC(C)(C)CC(=O)N1CC2CC1c1c(O)n(-c3cccc4ccccc34)c(=O)n12. The highest BCUT2D eigenvalue weighted by molar-refractivity contribution is 5.90. The lowest BCUT2D eigenvalue weighted by molar-refractivity contribution is -0.134.